The summed E-state index contributed by atoms with van der Waals surface area (Å²) in [6, 6.07) is 9.31. The molecule has 72 valence electrons. The minimum absolute atomic E-state index is 0.0850. The molecule has 0 aliphatic heterocycles. The van der Waals surface area contributed by atoms with Crippen LogP contribution >= 0.6 is 15.9 Å². The van der Waals surface area contributed by atoms with Gasteiger partial charge in [0, 0.05) is 16.2 Å². The molecule has 0 aliphatic rings. The number of H-pyrrole nitrogens is 1. The molecular weight excluding hydrogens is 244 g/mol. The fourth-order valence-electron chi connectivity index (χ4n) is 1.37. The van der Waals surface area contributed by atoms with E-state index in [4.69, 9.17) is 0 Å². The summed E-state index contributed by atoms with van der Waals surface area (Å²) in [5, 5.41) is 2.73. The van der Waals surface area contributed by atoms with Gasteiger partial charge in [0.15, 0.2) is 0 Å². The first-order valence-corrected chi connectivity index (χ1v) is 5.01. The number of halogens is 1. The Morgan fingerprint density at radius 2 is 2.07 bits per heavy atom. The van der Waals surface area contributed by atoms with Crippen molar-refractivity contribution in [1.29, 1.82) is 0 Å². The van der Waals surface area contributed by atoms with Crippen molar-refractivity contribution >= 4 is 15.9 Å². The molecular formula is C10H9BrN2O. The number of aromatic amines is 1. The smallest absolute Gasteiger partial charge is 0.264 e. The summed E-state index contributed by atoms with van der Waals surface area (Å²) in [6.45, 7) is 1.89. The highest BCUT2D eigenvalue weighted by atomic mass is 79.9. The Morgan fingerprint density at radius 3 is 2.64 bits per heavy atom. The van der Waals surface area contributed by atoms with Crippen LogP contribution in [0.4, 0.5) is 0 Å². The number of benzene rings is 1. The summed E-state index contributed by atoms with van der Waals surface area (Å²) in [4.78, 5) is 11.1. The van der Waals surface area contributed by atoms with Crippen LogP contribution in [-0.2, 0) is 0 Å². The minimum Gasteiger partial charge on any atom is -0.268 e. The second-order valence-corrected chi connectivity index (χ2v) is 3.90. The van der Waals surface area contributed by atoms with Crippen LogP contribution < -0.4 is 5.56 Å². The van der Waals surface area contributed by atoms with Crippen LogP contribution in [0.5, 0.6) is 0 Å². The van der Waals surface area contributed by atoms with Gasteiger partial charge in [-0.3, -0.25) is 14.6 Å². The number of hydrogen-bond acceptors (Lipinski definition) is 1. The number of nitrogens with one attached hydrogen (secondary N) is 1. The van der Waals surface area contributed by atoms with Gasteiger partial charge in [0.2, 0.25) is 0 Å². The van der Waals surface area contributed by atoms with Gasteiger partial charge in [-0.15, -0.1) is 0 Å². The molecule has 2 rings (SSSR count). The van der Waals surface area contributed by atoms with Gasteiger partial charge < -0.3 is 0 Å². The molecule has 0 atom stereocenters. The Hall–Kier alpha value is -1.29. The molecule has 1 N–H and O–H groups in total. The van der Waals surface area contributed by atoms with E-state index in [1.165, 1.54) is 0 Å². The normalized spacial score (nSPS) is 10.4. The molecule has 0 fully saturated rings. The Bertz CT molecular complexity index is 513. The zero-order valence-corrected chi connectivity index (χ0v) is 9.21. The summed E-state index contributed by atoms with van der Waals surface area (Å²) < 4.78 is 2.71. The zero-order chi connectivity index (χ0) is 10.1. The van der Waals surface area contributed by atoms with Crippen molar-refractivity contribution in [1.82, 2.24) is 9.78 Å². The molecule has 0 saturated heterocycles. The van der Waals surface area contributed by atoms with Crippen LogP contribution in [0.3, 0.4) is 0 Å². The molecule has 0 aliphatic carbocycles. The highest BCUT2D eigenvalue weighted by molar-refractivity contribution is 9.10. The van der Waals surface area contributed by atoms with Crippen LogP contribution in [0.2, 0.25) is 0 Å². The monoisotopic (exact) mass is 252 g/mol. The predicted molar refractivity (Wildman–Crippen MR) is 58.8 cm³/mol. The Balaban J connectivity index is 2.66. The van der Waals surface area contributed by atoms with Gasteiger partial charge in [-0.05, 0) is 35.0 Å². The second kappa shape index (κ2) is 3.46. The number of para-hydroxylation sites is 1. The van der Waals surface area contributed by atoms with E-state index in [9.17, 15) is 4.79 Å². The molecule has 2 aromatic rings. The van der Waals surface area contributed by atoms with Crippen molar-refractivity contribution in [3.63, 3.8) is 0 Å². The molecule has 1 aromatic carbocycles. The van der Waals surface area contributed by atoms with Gasteiger partial charge in [-0.1, -0.05) is 12.1 Å². The molecule has 0 spiro atoms. The number of hydrogen-bond donors (Lipinski definition) is 1. The van der Waals surface area contributed by atoms with E-state index in [1.807, 2.05) is 31.2 Å². The number of rotatable bonds is 1. The molecule has 14 heavy (non-hydrogen) atoms. The van der Waals surface area contributed by atoms with Gasteiger partial charge in [-0.2, -0.15) is 0 Å². The van der Waals surface area contributed by atoms with Crippen molar-refractivity contribution in [2.75, 3.05) is 0 Å². The average Bonchev–Trinajstić information content (AvgIpc) is 2.46. The Morgan fingerprint density at radius 1 is 1.36 bits per heavy atom. The predicted octanol–water partition coefficient (Wildman–Crippen LogP) is 2.24. The van der Waals surface area contributed by atoms with E-state index >= 15 is 0 Å². The lowest BCUT2D eigenvalue weighted by atomic mass is 10.3. The van der Waals surface area contributed by atoms with Crippen LogP contribution in [0, 0.1) is 6.92 Å². The van der Waals surface area contributed by atoms with Crippen molar-refractivity contribution in [3.05, 3.63) is 50.9 Å². The van der Waals surface area contributed by atoms with Crippen molar-refractivity contribution < 1.29 is 0 Å². The maximum atomic E-state index is 11.1. The lowest BCUT2D eigenvalue weighted by Gasteiger charge is -2.06. The van der Waals surface area contributed by atoms with E-state index in [0.717, 1.165) is 15.9 Å². The summed E-state index contributed by atoms with van der Waals surface area (Å²) in [5.74, 6) is 0. The Kier molecular flexibility index (Phi) is 2.29. The molecule has 0 unspecified atom stereocenters. The molecule has 0 amide bonds. The third-order valence-corrected chi connectivity index (χ3v) is 2.68. The van der Waals surface area contributed by atoms with E-state index in [1.54, 1.807) is 10.7 Å². The largest absolute Gasteiger partial charge is 0.268 e. The van der Waals surface area contributed by atoms with Crippen LogP contribution in [0.25, 0.3) is 5.69 Å². The molecule has 0 saturated carbocycles. The van der Waals surface area contributed by atoms with Crippen LogP contribution in [0.15, 0.2) is 39.6 Å². The van der Waals surface area contributed by atoms with Gasteiger partial charge in [-0.25, -0.2) is 0 Å². The fourth-order valence-corrected chi connectivity index (χ4v) is 1.83. The van der Waals surface area contributed by atoms with Crippen molar-refractivity contribution in [3.8, 4) is 5.69 Å². The van der Waals surface area contributed by atoms with Crippen LogP contribution in [-0.4, -0.2) is 9.78 Å². The van der Waals surface area contributed by atoms with E-state index < -0.39 is 0 Å². The molecule has 4 heteroatoms. The summed E-state index contributed by atoms with van der Waals surface area (Å²) in [7, 11) is 0. The topological polar surface area (TPSA) is 37.8 Å². The maximum absolute atomic E-state index is 11.1. The molecule has 3 nitrogen and oxygen atoms in total. The number of aryl methyl sites for hydroxylation is 1. The Labute approximate surface area is 89.5 Å². The molecule has 0 bridgehead atoms. The first kappa shape index (κ1) is 9.27. The van der Waals surface area contributed by atoms with E-state index in [2.05, 4.69) is 21.0 Å². The standard InChI is InChI=1S/C10H9BrN2O/c1-7-6-10(14)12-13(7)9-5-3-2-4-8(9)11/h2-6H,1H3,(H,12,14). The SMILES string of the molecule is Cc1cc(=O)[nH]n1-c1ccccc1Br. The number of aromatic nitrogens is 2. The molecule has 1 heterocycles. The summed E-state index contributed by atoms with van der Waals surface area (Å²) in [6.07, 6.45) is 0. The lowest BCUT2D eigenvalue weighted by molar-refractivity contribution is 0.831. The highest BCUT2D eigenvalue weighted by Crippen LogP contribution is 2.19. The van der Waals surface area contributed by atoms with Crippen molar-refractivity contribution in [2.45, 2.75) is 6.92 Å². The lowest BCUT2D eigenvalue weighted by Crippen LogP contribution is -2.04. The first-order valence-electron chi connectivity index (χ1n) is 4.22. The van der Waals surface area contributed by atoms with Gasteiger partial charge in [0.25, 0.3) is 5.56 Å². The summed E-state index contributed by atoms with van der Waals surface area (Å²) in [5.41, 5.74) is 1.74. The van der Waals surface area contributed by atoms with E-state index in [-0.39, 0.29) is 5.56 Å². The summed E-state index contributed by atoms with van der Waals surface area (Å²) >= 11 is 3.43. The van der Waals surface area contributed by atoms with E-state index in [0.29, 0.717) is 0 Å². The molecule has 0 radical (unpaired) electrons. The third kappa shape index (κ3) is 1.53. The second-order valence-electron chi connectivity index (χ2n) is 3.05. The number of nitrogens with zero attached hydrogens (tertiary/aromatic N) is 1. The third-order valence-electron chi connectivity index (χ3n) is 2.01. The first-order chi connectivity index (χ1) is 6.68. The highest BCUT2D eigenvalue weighted by Gasteiger charge is 2.04. The maximum Gasteiger partial charge on any atom is 0.264 e. The zero-order valence-electron chi connectivity index (χ0n) is 7.62. The van der Waals surface area contributed by atoms with Crippen LogP contribution in [0.1, 0.15) is 5.69 Å². The minimum atomic E-state index is -0.0850. The van der Waals surface area contributed by atoms with Gasteiger partial charge in [0.05, 0.1) is 5.69 Å². The van der Waals surface area contributed by atoms with Gasteiger partial charge in [0.1, 0.15) is 0 Å². The molecule has 1 aromatic heterocycles. The average molecular weight is 253 g/mol. The quantitative estimate of drug-likeness (QED) is 0.831. The fraction of sp³-hybridized carbons (Fsp3) is 0.100. The van der Waals surface area contributed by atoms with Gasteiger partial charge >= 0.3 is 0 Å². The van der Waals surface area contributed by atoms with Crippen molar-refractivity contribution in [2.24, 2.45) is 0 Å².